The molecule has 0 spiro atoms. The molecule has 282 valence electrons. The number of fused-ring (bicyclic) bond motifs is 7. The highest BCUT2D eigenvalue weighted by Crippen LogP contribution is 2.41. The summed E-state index contributed by atoms with van der Waals surface area (Å²) in [7, 11) is 70.1. The summed E-state index contributed by atoms with van der Waals surface area (Å²) in [4.78, 5) is 0. The molecule has 0 N–H and O–H groups in total. The molecule has 0 aliphatic heterocycles. The van der Waals surface area contributed by atoms with Gasteiger partial charge in [0.2, 0.25) is 0 Å². The lowest BCUT2D eigenvalue weighted by Gasteiger charge is -2.19. The van der Waals surface area contributed by atoms with Crippen molar-refractivity contribution in [3.05, 3.63) is 158 Å². The number of aromatic nitrogens is 2. The average Bonchev–Trinajstić information content (AvgIpc) is 3.91. The molecular weight excluding hydrogens is 785 g/mol. The molecule has 2 aromatic heterocycles. The van der Waals surface area contributed by atoms with Gasteiger partial charge in [0.15, 0.2) is 0 Å². The zero-order valence-corrected chi connectivity index (χ0v) is 35.7. The number of hydrogen-bond acceptors (Lipinski definition) is 0. The Morgan fingerprint density at radius 3 is 0.955 bits per heavy atom. The predicted molar refractivity (Wildman–Crippen MR) is 291 cm³/mol. The molecule has 0 saturated heterocycles. The van der Waals surface area contributed by atoms with Crippen LogP contribution < -0.4 is 54.6 Å². The highest BCUT2D eigenvalue weighted by atomic mass is 15.0. The van der Waals surface area contributed by atoms with E-state index in [0.717, 1.165) is 44.5 Å². The highest BCUT2D eigenvalue weighted by Gasteiger charge is 2.29. The lowest BCUT2D eigenvalue weighted by molar-refractivity contribution is 1.19. The summed E-state index contributed by atoms with van der Waals surface area (Å²) < 4.78 is 3.92. The van der Waals surface area contributed by atoms with Gasteiger partial charge in [-0.1, -0.05) is 160 Å². The van der Waals surface area contributed by atoms with Crippen molar-refractivity contribution in [3.8, 4) is 55.9 Å². The van der Waals surface area contributed by atoms with E-state index in [1.54, 1.807) is 0 Å². The van der Waals surface area contributed by atoms with Gasteiger partial charge in [0.05, 0.1) is 0 Å². The van der Waals surface area contributed by atoms with Crippen LogP contribution >= 0.6 is 0 Å². The maximum Gasteiger partial charge on any atom is 0.116 e. The van der Waals surface area contributed by atoms with Crippen LogP contribution in [0.5, 0.6) is 0 Å². The van der Waals surface area contributed by atoms with Gasteiger partial charge in [-0.15, -0.1) is 21.9 Å². The van der Waals surface area contributed by atoms with Crippen LogP contribution in [0.25, 0.3) is 99.5 Å². The van der Waals surface area contributed by atoms with Crippen molar-refractivity contribution < 1.29 is 0 Å². The second kappa shape index (κ2) is 16.0. The molecule has 0 bridgehead atoms. The first kappa shape index (κ1) is 41.9. The molecular formula is C54H26B10N2. The van der Waals surface area contributed by atoms with E-state index in [1.807, 2.05) is 81.9 Å². The molecule has 9 aromatic carbocycles. The van der Waals surface area contributed by atoms with Gasteiger partial charge in [0.25, 0.3) is 0 Å². The van der Waals surface area contributed by atoms with Crippen molar-refractivity contribution in [2.75, 3.05) is 0 Å². The fourth-order valence-corrected chi connectivity index (χ4v) is 9.70. The smallest absolute Gasteiger partial charge is 0.116 e. The van der Waals surface area contributed by atoms with E-state index in [9.17, 15) is 0 Å². The lowest BCUT2D eigenvalue weighted by Crippen LogP contribution is -2.48. The molecule has 11 aromatic rings. The Morgan fingerprint density at radius 1 is 0.212 bits per heavy atom. The molecule has 12 heteroatoms. The molecule has 66 heavy (non-hydrogen) atoms. The topological polar surface area (TPSA) is 9.86 Å². The molecule has 0 fully saturated rings. The molecule has 0 unspecified atom stereocenters. The third-order valence-electron chi connectivity index (χ3n) is 13.0. The Balaban J connectivity index is 1.29. The third kappa shape index (κ3) is 6.32. The number of benzene rings is 9. The van der Waals surface area contributed by atoms with Gasteiger partial charge >= 0.3 is 0 Å². The van der Waals surface area contributed by atoms with Crippen LogP contribution in [0.15, 0.2) is 158 Å². The van der Waals surface area contributed by atoms with Gasteiger partial charge in [0, 0.05) is 55.0 Å². The van der Waals surface area contributed by atoms with Crippen LogP contribution in [-0.2, 0) is 0 Å². The SMILES string of the molecule is [B]c1c([B])c([B])c2c(c1[B])c1c3c4c([B])c([B])c([B])c([B])c4n(-c4cc(-c5ccccc5)cc(-c5ccccc5)c4)c3c([B])c([B])c1n2-c1cccc(-c2ccc(-c3ccccc3)cc2)c1. The summed E-state index contributed by atoms with van der Waals surface area (Å²) in [5.41, 5.74) is 13.2. The van der Waals surface area contributed by atoms with Gasteiger partial charge < -0.3 is 9.13 Å². The fraction of sp³-hybridized carbons (Fsp3) is 0. The van der Waals surface area contributed by atoms with Crippen LogP contribution in [0.3, 0.4) is 0 Å². The van der Waals surface area contributed by atoms with E-state index in [0.29, 0.717) is 55.0 Å². The summed E-state index contributed by atoms with van der Waals surface area (Å²) in [6.45, 7) is 0. The largest absolute Gasteiger partial charge is 0.310 e. The summed E-state index contributed by atoms with van der Waals surface area (Å²) in [6.07, 6.45) is 0. The normalized spacial score (nSPS) is 11.6. The Bertz CT molecular complexity index is 3730. The molecule has 0 aliphatic carbocycles. The third-order valence-corrected chi connectivity index (χ3v) is 13.0. The van der Waals surface area contributed by atoms with Crippen molar-refractivity contribution in [2.45, 2.75) is 0 Å². The summed E-state index contributed by atoms with van der Waals surface area (Å²) in [5.74, 6) is 0. The van der Waals surface area contributed by atoms with Crippen molar-refractivity contribution in [3.63, 3.8) is 0 Å². The fourth-order valence-electron chi connectivity index (χ4n) is 9.70. The minimum Gasteiger partial charge on any atom is -0.310 e. The molecule has 2 heterocycles. The first-order valence-corrected chi connectivity index (χ1v) is 21.3. The van der Waals surface area contributed by atoms with Crippen molar-refractivity contribution in [1.29, 1.82) is 0 Å². The minimum atomic E-state index is 0.122. The maximum absolute atomic E-state index is 7.43. The number of rotatable bonds is 6. The minimum absolute atomic E-state index is 0.122. The molecule has 2 nitrogen and oxygen atoms in total. The van der Waals surface area contributed by atoms with Gasteiger partial charge in [-0.05, 0) is 74.8 Å². The van der Waals surface area contributed by atoms with Gasteiger partial charge in [-0.25, -0.2) is 0 Å². The molecule has 0 saturated carbocycles. The summed E-state index contributed by atoms with van der Waals surface area (Å²) >= 11 is 0. The van der Waals surface area contributed by atoms with Crippen molar-refractivity contribution in [1.82, 2.24) is 9.13 Å². The zero-order chi connectivity index (χ0) is 45.7. The van der Waals surface area contributed by atoms with Crippen molar-refractivity contribution in [2.24, 2.45) is 0 Å². The standard InChI is InChI=1S/C54H26B10N2/c55-41-39-37-38-40-42(56)44(58)46(60)48(62)54(40)66(36-25-33(28-13-6-2-7-14-28)23-34(26-36)29-15-8-3-9-16-29)52(38)50(64)49(63)51(37)65(53(39)47(61)45(59)43(41)57)35-18-10-17-32(24-35)31-21-19-30(20-22-31)27-11-4-1-5-12-27/h1-26H. The van der Waals surface area contributed by atoms with Gasteiger partial charge in [0.1, 0.15) is 78.5 Å². The zero-order valence-electron chi connectivity index (χ0n) is 35.7. The van der Waals surface area contributed by atoms with Crippen LogP contribution in [0.2, 0.25) is 0 Å². The first-order chi connectivity index (χ1) is 31.9. The quantitative estimate of drug-likeness (QED) is 0.229. The average molecular weight is 811 g/mol. The van der Waals surface area contributed by atoms with Gasteiger partial charge in [-0.3, -0.25) is 0 Å². The predicted octanol–water partition coefficient (Wildman–Crippen LogP) is 2.49. The molecule has 0 atom stereocenters. The Labute approximate surface area is 397 Å². The monoisotopic (exact) mass is 812 g/mol. The van der Waals surface area contributed by atoms with E-state index in [1.165, 1.54) is 0 Å². The van der Waals surface area contributed by atoms with Crippen LogP contribution in [0, 0.1) is 0 Å². The summed E-state index contributed by atoms with van der Waals surface area (Å²) in [5, 5.41) is 2.14. The van der Waals surface area contributed by atoms with Crippen LogP contribution in [-0.4, -0.2) is 87.6 Å². The Morgan fingerprint density at radius 2 is 0.515 bits per heavy atom. The Kier molecular flexibility index (Phi) is 10.1. The van der Waals surface area contributed by atoms with E-state index in [4.69, 9.17) is 78.5 Å². The van der Waals surface area contributed by atoms with E-state index < -0.39 is 0 Å². The van der Waals surface area contributed by atoms with Gasteiger partial charge in [-0.2, -0.15) is 0 Å². The lowest BCUT2D eigenvalue weighted by atomic mass is 9.64. The molecule has 0 amide bonds. The van der Waals surface area contributed by atoms with Crippen molar-refractivity contribution >= 4 is 177 Å². The first-order valence-electron chi connectivity index (χ1n) is 21.3. The number of nitrogens with zero attached hydrogens (tertiary/aromatic N) is 2. The van der Waals surface area contributed by atoms with Crippen LogP contribution in [0.1, 0.15) is 0 Å². The van der Waals surface area contributed by atoms with E-state index >= 15 is 0 Å². The molecule has 11 rings (SSSR count). The van der Waals surface area contributed by atoms with E-state index in [-0.39, 0.29) is 54.6 Å². The second-order valence-corrected chi connectivity index (χ2v) is 16.7. The number of hydrogen-bond donors (Lipinski definition) is 0. The van der Waals surface area contributed by atoms with E-state index in [2.05, 4.69) is 84.9 Å². The Hall–Kier alpha value is -6.77. The second-order valence-electron chi connectivity index (χ2n) is 16.7. The summed E-state index contributed by atoms with van der Waals surface area (Å²) in [6, 6.07) is 53.3. The molecule has 20 radical (unpaired) electrons. The molecule has 0 aliphatic rings. The maximum atomic E-state index is 7.43. The highest BCUT2D eigenvalue weighted by molar-refractivity contribution is 6.71. The van der Waals surface area contributed by atoms with Crippen LogP contribution in [0.4, 0.5) is 0 Å².